The second-order valence-corrected chi connectivity index (χ2v) is 6.68. The third kappa shape index (κ3) is 5.86. The Kier molecular flexibility index (Phi) is 7.18. The van der Waals surface area contributed by atoms with E-state index in [0.29, 0.717) is 5.02 Å². The van der Waals surface area contributed by atoms with Gasteiger partial charge in [-0.15, -0.1) is 0 Å². The van der Waals surface area contributed by atoms with E-state index >= 15 is 0 Å². The molecular weight excluding hydrogens is 350 g/mol. The first-order valence-corrected chi connectivity index (χ1v) is 8.86. The third-order valence-electron chi connectivity index (χ3n) is 4.13. The molecular formula is C20H24ClN3O2. The number of para-hydroxylation sites is 1. The summed E-state index contributed by atoms with van der Waals surface area (Å²) in [7, 11) is 0. The average Bonchev–Trinajstić information content (AvgIpc) is 2.61. The van der Waals surface area contributed by atoms with Crippen molar-refractivity contribution in [3.8, 4) is 0 Å². The van der Waals surface area contributed by atoms with Gasteiger partial charge in [0.25, 0.3) is 0 Å². The summed E-state index contributed by atoms with van der Waals surface area (Å²) in [6.07, 6.45) is 0. The van der Waals surface area contributed by atoms with Gasteiger partial charge in [0.1, 0.15) is 0 Å². The van der Waals surface area contributed by atoms with Gasteiger partial charge in [-0.2, -0.15) is 0 Å². The van der Waals surface area contributed by atoms with Gasteiger partial charge in [-0.25, -0.2) is 0 Å². The van der Waals surface area contributed by atoms with Gasteiger partial charge in [0.15, 0.2) is 0 Å². The Morgan fingerprint density at radius 3 is 2.19 bits per heavy atom. The van der Waals surface area contributed by atoms with Gasteiger partial charge in [0, 0.05) is 16.8 Å². The molecule has 5 nitrogen and oxygen atoms in total. The summed E-state index contributed by atoms with van der Waals surface area (Å²) < 4.78 is 0. The highest BCUT2D eigenvalue weighted by Gasteiger charge is 2.11. The predicted octanol–water partition coefficient (Wildman–Crippen LogP) is 3.36. The first kappa shape index (κ1) is 19.9. The molecule has 26 heavy (non-hydrogen) atoms. The number of hydrogen-bond donors (Lipinski definition) is 3. The van der Waals surface area contributed by atoms with Crippen LogP contribution < -0.4 is 16.0 Å². The Balaban J connectivity index is 1.76. The van der Waals surface area contributed by atoms with Crippen LogP contribution in [-0.4, -0.2) is 24.9 Å². The molecule has 0 saturated heterocycles. The van der Waals surface area contributed by atoms with Gasteiger partial charge in [0.05, 0.1) is 13.1 Å². The van der Waals surface area contributed by atoms with Crippen LogP contribution in [-0.2, 0) is 9.59 Å². The van der Waals surface area contributed by atoms with Crippen molar-refractivity contribution in [2.24, 2.45) is 0 Å². The third-order valence-corrected chi connectivity index (χ3v) is 4.38. The van der Waals surface area contributed by atoms with E-state index in [1.807, 2.05) is 63.2 Å². The Labute approximate surface area is 159 Å². The second kappa shape index (κ2) is 9.36. The van der Waals surface area contributed by atoms with Crippen LogP contribution in [0.4, 0.5) is 5.69 Å². The van der Waals surface area contributed by atoms with E-state index < -0.39 is 0 Å². The molecule has 3 N–H and O–H groups in total. The Morgan fingerprint density at radius 2 is 1.58 bits per heavy atom. The number of carbonyl (C=O) groups is 2. The number of anilines is 1. The highest BCUT2D eigenvalue weighted by molar-refractivity contribution is 6.30. The Bertz CT molecular complexity index is 755. The van der Waals surface area contributed by atoms with Gasteiger partial charge < -0.3 is 16.0 Å². The standard InChI is InChI=1S/C20H24ClN3O2/c1-13-5-4-6-14(2)20(13)24-19(26)12-23-18(25)11-22-15(3)16-7-9-17(21)10-8-16/h4-10,15,22H,11-12H2,1-3H3,(H,23,25)(H,24,26)/t15-/m1/s1. The number of hydrogen-bond acceptors (Lipinski definition) is 3. The van der Waals surface area contributed by atoms with Crippen LogP contribution in [0, 0.1) is 13.8 Å². The van der Waals surface area contributed by atoms with E-state index in [1.165, 1.54) is 0 Å². The number of rotatable bonds is 7. The number of aryl methyl sites for hydroxylation is 2. The van der Waals surface area contributed by atoms with Crippen molar-refractivity contribution < 1.29 is 9.59 Å². The van der Waals surface area contributed by atoms with Gasteiger partial charge in [0.2, 0.25) is 11.8 Å². The molecule has 2 aromatic rings. The number of nitrogens with one attached hydrogen (secondary N) is 3. The smallest absolute Gasteiger partial charge is 0.243 e. The number of halogens is 1. The largest absolute Gasteiger partial charge is 0.346 e. The molecule has 0 aliphatic heterocycles. The van der Waals surface area contributed by atoms with E-state index in [-0.39, 0.29) is 30.9 Å². The molecule has 1 atom stereocenters. The fourth-order valence-corrected chi connectivity index (χ4v) is 2.68. The summed E-state index contributed by atoms with van der Waals surface area (Å²) in [4.78, 5) is 24.0. The molecule has 0 aliphatic carbocycles. The molecule has 0 unspecified atom stereocenters. The fraction of sp³-hybridized carbons (Fsp3) is 0.300. The maximum Gasteiger partial charge on any atom is 0.243 e. The summed E-state index contributed by atoms with van der Waals surface area (Å²) in [6.45, 7) is 5.89. The van der Waals surface area contributed by atoms with E-state index in [4.69, 9.17) is 11.6 Å². The fourth-order valence-electron chi connectivity index (χ4n) is 2.55. The van der Waals surface area contributed by atoms with E-state index in [2.05, 4.69) is 16.0 Å². The first-order valence-electron chi connectivity index (χ1n) is 8.48. The van der Waals surface area contributed by atoms with Crippen molar-refractivity contribution in [2.45, 2.75) is 26.8 Å². The molecule has 0 radical (unpaired) electrons. The van der Waals surface area contributed by atoms with Crippen molar-refractivity contribution in [3.63, 3.8) is 0 Å². The van der Waals surface area contributed by atoms with Crippen LogP contribution in [0.1, 0.15) is 29.7 Å². The maximum absolute atomic E-state index is 12.1. The van der Waals surface area contributed by atoms with Crippen LogP contribution in [0.3, 0.4) is 0 Å². The maximum atomic E-state index is 12.1. The number of benzene rings is 2. The van der Waals surface area contributed by atoms with E-state index in [9.17, 15) is 9.59 Å². The zero-order valence-electron chi connectivity index (χ0n) is 15.2. The lowest BCUT2D eigenvalue weighted by Gasteiger charge is -2.15. The topological polar surface area (TPSA) is 70.2 Å². The molecule has 0 aliphatic rings. The lowest BCUT2D eigenvalue weighted by molar-refractivity contribution is -0.123. The first-order chi connectivity index (χ1) is 12.4. The Morgan fingerprint density at radius 1 is 0.962 bits per heavy atom. The summed E-state index contributed by atoms with van der Waals surface area (Å²) in [5.74, 6) is -0.482. The molecule has 6 heteroatoms. The molecule has 0 spiro atoms. The van der Waals surface area contributed by atoms with Crippen molar-refractivity contribution in [3.05, 3.63) is 64.2 Å². The molecule has 2 aromatic carbocycles. The molecule has 0 heterocycles. The van der Waals surface area contributed by atoms with E-state index in [0.717, 1.165) is 22.4 Å². The van der Waals surface area contributed by atoms with Gasteiger partial charge in [-0.05, 0) is 49.6 Å². The van der Waals surface area contributed by atoms with Crippen molar-refractivity contribution in [1.82, 2.24) is 10.6 Å². The highest BCUT2D eigenvalue weighted by atomic mass is 35.5. The van der Waals surface area contributed by atoms with Crippen molar-refractivity contribution in [1.29, 1.82) is 0 Å². The van der Waals surface area contributed by atoms with Crippen molar-refractivity contribution >= 4 is 29.1 Å². The van der Waals surface area contributed by atoms with Crippen LogP contribution in [0.5, 0.6) is 0 Å². The van der Waals surface area contributed by atoms with Crippen LogP contribution in [0.15, 0.2) is 42.5 Å². The van der Waals surface area contributed by atoms with Crippen LogP contribution in [0.2, 0.25) is 5.02 Å². The monoisotopic (exact) mass is 373 g/mol. The van der Waals surface area contributed by atoms with Gasteiger partial charge in [-0.3, -0.25) is 9.59 Å². The quantitative estimate of drug-likeness (QED) is 0.697. The zero-order valence-corrected chi connectivity index (χ0v) is 16.0. The minimum absolute atomic E-state index is 0.00135. The Hall–Kier alpha value is -2.37. The zero-order chi connectivity index (χ0) is 19.1. The molecule has 0 bridgehead atoms. The van der Waals surface area contributed by atoms with Crippen molar-refractivity contribution in [2.75, 3.05) is 18.4 Å². The minimum atomic E-state index is -0.249. The molecule has 0 aromatic heterocycles. The normalized spacial score (nSPS) is 11.7. The molecule has 138 valence electrons. The average molecular weight is 374 g/mol. The summed E-state index contributed by atoms with van der Waals surface area (Å²) >= 11 is 5.87. The summed E-state index contributed by atoms with van der Waals surface area (Å²) in [5.41, 5.74) is 3.81. The number of amides is 2. The van der Waals surface area contributed by atoms with Crippen LogP contribution in [0.25, 0.3) is 0 Å². The lowest BCUT2D eigenvalue weighted by Crippen LogP contribution is -2.39. The lowest BCUT2D eigenvalue weighted by atomic mass is 10.1. The van der Waals surface area contributed by atoms with E-state index in [1.54, 1.807) is 0 Å². The number of carbonyl (C=O) groups excluding carboxylic acids is 2. The molecule has 0 fully saturated rings. The highest BCUT2D eigenvalue weighted by Crippen LogP contribution is 2.19. The summed E-state index contributed by atoms with van der Waals surface area (Å²) in [5, 5.41) is 9.26. The minimum Gasteiger partial charge on any atom is -0.346 e. The predicted molar refractivity (Wildman–Crippen MR) is 105 cm³/mol. The molecule has 2 amide bonds. The van der Waals surface area contributed by atoms with Gasteiger partial charge in [-0.1, -0.05) is 41.9 Å². The molecule has 2 rings (SSSR count). The van der Waals surface area contributed by atoms with Crippen LogP contribution >= 0.6 is 11.6 Å². The summed E-state index contributed by atoms with van der Waals surface area (Å²) in [6, 6.07) is 13.3. The van der Waals surface area contributed by atoms with Gasteiger partial charge >= 0.3 is 0 Å². The SMILES string of the molecule is Cc1cccc(C)c1NC(=O)CNC(=O)CN[C@H](C)c1ccc(Cl)cc1. The second-order valence-electron chi connectivity index (χ2n) is 6.25. The molecule has 0 saturated carbocycles.